The number of rotatable bonds is 5. The quantitative estimate of drug-likeness (QED) is 0.882. The van der Waals surface area contributed by atoms with Gasteiger partial charge in [-0.3, -0.25) is 0 Å². The van der Waals surface area contributed by atoms with E-state index in [4.69, 9.17) is 5.14 Å². The van der Waals surface area contributed by atoms with Crippen molar-refractivity contribution in [2.45, 2.75) is 37.4 Å². The molecule has 8 heteroatoms. The van der Waals surface area contributed by atoms with Crippen molar-refractivity contribution in [3.63, 3.8) is 0 Å². The summed E-state index contributed by atoms with van der Waals surface area (Å²) in [6.45, 7) is 6.27. The molecule has 20 heavy (non-hydrogen) atoms. The lowest BCUT2D eigenvalue weighted by atomic mass is 10.2. The molecule has 0 fully saturated rings. The highest BCUT2D eigenvalue weighted by molar-refractivity contribution is 7.91. The zero-order valence-electron chi connectivity index (χ0n) is 11.5. The number of hydrogen-bond acceptors (Lipinski definition) is 6. The van der Waals surface area contributed by atoms with Crippen LogP contribution in [0.25, 0.3) is 0 Å². The average molecular weight is 331 g/mol. The van der Waals surface area contributed by atoms with Gasteiger partial charge < -0.3 is 5.32 Å². The summed E-state index contributed by atoms with van der Waals surface area (Å²) in [5.41, 5.74) is 1.30. The summed E-state index contributed by atoms with van der Waals surface area (Å²) in [4.78, 5) is 6.64. The molecular formula is C12H17N3O2S3. The van der Waals surface area contributed by atoms with Crippen molar-refractivity contribution in [1.29, 1.82) is 0 Å². The Bertz CT molecular complexity index is 703. The maximum Gasteiger partial charge on any atom is 0.249 e. The van der Waals surface area contributed by atoms with Crippen molar-refractivity contribution in [2.75, 3.05) is 5.32 Å². The summed E-state index contributed by atoms with van der Waals surface area (Å²) in [6, 6.07) is 2.24. The zero-order chi connectivity index (χ0) is 14.9. The van der Waals surface area contributed by atoms with Gasteiger partial charge in [-0.1, -0.05) is 18.3 Å². The Labute approximate surface area is 126 Å². The Hall–Kier alpha value is -0.960. The Morgan fingerprint density at radius 1 is 1.45 bits per heavy atom. The van der Waals surface area contributed by atoms with Gasteiger partial charge in [0.25, 0.3) is 0 Å². The number of aryl methyl sites for hydroxylation is 2. The molecule has 110 valence electrons. The molecule has 0 amide bonds. The van der Waals surface area contributed by atoms with Crippen LogP contribution in [0.4, 0.5) is 5.13 Å². The zero-order valence-corrected chi connectivity index (χ0v) is 14.0. The van der Waals surface area contributed by atoms with Gasteiger partial charge in [0.15, 0.2) is 9.34 Å². The fourth-order valence-electron chi connectivity index (χ4n) is 1.82. The van der Waals surface area contributed by atoms with Crippen LogP contribution >= 0.6 is 22.7 Å². The van der Waals surface area contributed by atoms with Crippen LogP contribution in [0.15, 0.2) is 16.5 Å². The number of sulfonamides is 1. The molecule has 0 saturated heterocycles. The maximum atomic E-state index is 11.2. The number of nitrogens with one attached hydrogen (secondary N) is 1. The molecule has 0 aliphatic carbocycles. The molecular weight excluding hydrogens is 314 g/mol. The Balaban J connectivity index is 2.15. The minimum Gasteiger partial charge on any atom is -0.354 e. The number of thiophene rings is 1. The van der Waals surface area contributed by atoms with E-state index < -0.39 is 10.0 Å². The van der Waals surface area contributed by atoms with Crippen LogP contribution in [0.2, 0.25) is 0 Å². The van der Waals surface area contributed by atoms with Crippen molar-refractivity contribution in [3.8, 4) is 0 Å². The minimum absolute atomic E-state index is 0.0730. The Morgan fingerprint density at radius 3 is 2.65 bits per heavy atom. The highest BCUT2D eigenvalue weighted by atomic mass is 32.2. The van der Waals surface area contributed by atoms with E-state index in [1.165, 1.54) is 21.5 Å². The summed E-state index contributed by atoms with van der Waals surface area (Å²) in [5, 5.41) is 8.84. The smallest absolute Gasteiger partial charge is 0.249 e. The van der Waals surface area contributed by atoms with Crippen molar-refractivity contribution in [3.05, 3.63) is 27.6 Å². The van der Waals surface area contributed by atoms with E-state index in [2.05, 4.69) is 30.2 Å². The molecule has 1 unspecified atom stereocenters. The molecule has 3 N–H and O–H groups in total. The first-order valence-electron chi connectivity index (χ1n) is 6.15. The highest BCUT2D eigenvalue weighted by Crippen LogP contribution is 2.31. The molecule has 0 aromatic carbocycles. The third-order valence-electron chi connectivity index (χ3n) is 2.89. The van der Waals surface area contributed by atoms with Crippen LogP contribution in [0.5, 0.6) is 0 Å². The van der Waals surface area contributed by atoms with E-state index in [1.807, 2.05) is 6.92 Å². The number of nitrogens with zero attached hydrogens (tertiary/aromatic N) is 1. The SMILES string of the molecule is CCc1sc(C(C)Nc2ncc(S(N)(=O)=O)s2)cc1C. The van der Waals surface area contributed by atoms with E-state index in [1.54, 1.807) is 11.3 Å². The van der Waals surface area contributed by atoms with E-state index >= 15 is 0 Å². The molecule has 2 aromatic rings. The molecule has 0 radical (unpaired) electrons. The van der Waals surface area contributed by atoms with Gasteiger partial charge in [-0.25, -0.2) is 18.5 Å². The summed E-state index contributed by atoms with van der Waals surface area (Å²) in [7, 11) is -3.67. The van der Waals surface area contributed by atoms with Crippen LogP contribution in [-0.2, 0) is 16.4 Å². The lowest BCUT2D eigenvalue weighted by Crippen LogP contribution is -2.10. The van der Waals surface area contributed by atoms with Gasteiger partial charge in [0.2, 0.25) is 10.0 Å². The predicted molar refractivity (Wildman–Crippen MR) is 84.0 cm³/mol. The Morgan fingerprint density at radius 2 is 2.15 bits per heavy atom. The van der Waals surface area contributed by atoms with Crippen LogP contribution in [0.3, 0.4) is 0 Å². The van der Waals surface area contributed by atoms with Gasteiger partial charge in [0.05, 0.1) is 12.2 Å². The summed E-state index contributed by atoms with van der Waals surface area (Å²) in [5.74, 6) is 0. The number of primary sulfonamides is 1. The third kappa shape index (κ3) is 3.38. The number of anilines is 1. The van der Waals surface area contributed by atoms with Crippen LogP contribution < -0.4 is 10.5 Å². The van der Waals surface area contributed by atoms with E-state index in [9.17, 15) is 8.42 Å². The van der Waals surface area contributed by atoms with Gasteiger partial charge >= 0.3 is 0 Å². The van der Waals surface area contributed by atoms with Crippen LogP contribution in [0, 0.1) is 6.92 Å². The topological polar surface area (TPSA) is 85.1 Å². The van der Waals surface area contributed by atoms with Crippen molar-refractivity contribution in [2.24, 2.45) is 5.14 Å². The van der Waals surface area contributed by atoms with Gasteiger partial charge in [-0.2, -0.15) is 0 Å². The first-order valence-corrected chi connectivity index (χ1v) is 9.33. The second-order valence-electron chi connectivity index (χ2n) is 4.50. The van der Waals surface area contributed by atoms with Gasteiger partial charge in [-0.15, -0.1) is 11.3 Å². The molecule has 5 nitrogen and oxygen atoms in total. The molecule has 2 rings (SSSR count). The van der Waals surface area contributed by atoms with Crippen LogP contribution in [0.1, 0.15) is 35.2 Å². The molecule has 0 spiro atoms. The second-order valence-corrected chi connectivity index (χ2v) is 8.49. The van der Waals surface area contributed by atoms with Crippen molar-refractivity contribution in [1.82, 2.24) is 4.98 Å². The lowest BCUT2D eigenvalue weighted by molar-refractivity contribution is 0.599. The number of hydrogen-bond donors (Lipinski definition) is 2. The molecule has 1 atom stereocenters. The van der Waals surface area contributed by atoms with E-state index in [0.717, 1.165) is 17.8 Å². The lowest BCUT2D eigenvalue weighted by Gasteiger charge is -2.10. The second kappa shape index (κ2) is 5.80. The highest BCUT2D eigenvalue weighted by Gasteiger charge is 2.16. The normalized spacial score (nSPS) is 13.4. The van der Waals surface area contributed by atoms with E-state index in [0.29, 0.717) is 5.13 Å². The van der Waals surface area contributed by atoms with Crippen molar-refractivity contribution >= 4 is 37.8 Å². The standard InChI is InChI=1S/C12H17N3O2S3/c1-4-9-7(2)5-10(18-9)8(3)15-12-14-6-11(19-12)20(13,16)17/h5-6,8H,4H2,1-3H3,(H,14,15)(H2,13,16,17). The molecule has 0 bridgehead atoms. The average Bonchev–Trinajstić information content (AvgIpc) is 2.95. The van der Waals surface area contributed by atoms with Gasteiger partial charge in [0, 0.05) is 9.75 Å². The monoisotopic (exact) mass is 331 g/mol. The molecule has 0 saturated carbocycles. The fourth-order valence-corrected chi connectivity index (χ4v) is 4.48. The maximum absolute atomic E-state index is 11.2. The Kier molecular flexibility index (Phi) is 4.48. The molecule has 0 aliphatic heterocycles. The number of thiazole rings is 1. The third-order valence-corrected chi connectivity index (χ3v) is 6.79. The van der Waals surface area contributed by atoms with E-state index in [-0.39, 0.29) is 10.3 Å². The van der Waals surface area contributed by atoms with Gasteiger partial charge in [-0.05, 0) is 31.9 Å². The largest absolute Gasteiger partial charge is 0.354 e. The summed E-state index contributed by atoms with van der Waals surface area (Å²) >= 11 is 2.82. The number of aromatic nitrogens is 1. The van der Waals surface area contributed by atoms with Crippen molar-refractivity contribution < 1.29 is 8.42 Å². The first-order chi connectivity index (χ1) is 9.31. The predicted octanol–water partition coefficient (Wildman–Crippen LogP) is 2.90. The summed E-state index contributed by atoms with van der Waals surface area (Å²) in [6.07, 6.45) is 2.31. The first kappa shape index (κ1) is 15.4. The fraction of sp³-hybridized carbons (Fsp3) is 0.417. The number of nitrogens with two attached hydrogens (primary N) is 1. The molecule has 0 aliphatic rings. The minimum atomic E-state index is -3.67. The molecule has 2 heterocycles. The van der Waals surface area contributed by atoms with Gasteiger partial charge in [0.1, 0.15) is 0 Å². The molecule has 2 aromatic heterocycles. The van der Waals surface area contributed by atoms with Crippen LogP contribution in [-0.4, -0.2) is 13.4 Å². The summed E-state index contributed by atoms with van der Waals surface area (Å²) < 4.78 is 22.5.